The van der Waals surface area contributed by atoms with Crippen LogP contribution < -0.4 is 33.7 Å². The van der Waals surface area contributed by atoms with Crippen LogP contribution in [0.4, 0.5) is 0 Å². The van der Waals surface area contributed by atoms with Crippen LogP contribution in [-0.2, 0) is 33.0 Å². The minimum Gasteiger partial charge on any atom is -0.489 e. The highest BCUT2D eigenvalue weighted by Crippen LogP contribution is 2.29. The first kappa shape index (κ1) is 39.2. The summed E-state index contributed by atoms with van der Waals surface area (Å²) >= 11 is 0. The number of rotatable bonds is 23. The third-order valence-corrected chi connectivity index (χ3v) is 9.85. The fraction of sp³-hybridized carbons (Fsp3) is 0.333. The Morgan fingerprint density at radius 2 is 0.840 bits per heavy atom. The zero-order chi connectivity index (χ0) is 36.0. The predicted molar refractivity (Wildman–Crippen MR) is 193 cm³/mol. The van der Waals surface area contributed by atoms with E-state index in [1.807, 2.05) is 42.5 Å². The van der Waals surface area contributed by atoms with Crippen molar-refractivity contribution < 1.29 is 41.7 Å². The number of ether oxygens (including phenoxy) is 6. The molecule has 0 bridgehead atoms. The molecule has 0 heterocycles. The van der Waals surface area contributed by atoms with E-state index >= 15 is 0 Å². The Kier molecular flexibility index (Phi) is 17.0. The van der Waals surface area contributed by atoms with Crippen LogP contribution >= 0.6 is 0 Å². The third-order valence-electron chi connectivity index (χ3n) is 7.02. The summed E-state index contributed by atoms with van der Waals surface area (Å²) in [5.74, 6) is 13.2. The van der Waals surface area contributed by atoms with Gasteiger partial charge >= 0.3 is 8.80 Å². The van der Waals surface area contributed by atoms with Gasteiger partial charge in [0.15, 0.2) is 0 Å². The average molecular weight is 698 g/mol. The standard InChI is InChI=1S/C39H43NO9Si/c1-8-14-44-34-21-32(22-35(25-34)45-15-9-2)29-48-38-19-31(28-40-13-12-18-50(41-5,42-6)43-7)20-39(27-38)49-30-33-23-36(46-16-10-3)26-37(24-33)47-17-11-4/h1-4,19-27,40H,12-18,28-30H2,5-7H3. The molecule has 11 heteroatoms. The van der Waals surface area contributed by atoms with Crippen molar-refractivity contribution >= 4 is 8.80 Å². The monoisotopic (exact) mass is 697 g/mol. The highest BCUT2D eigenvalue weighted by Gasteiger charge is 2.36. The Hall–Kier alpha value is -5.24. The molecule has 0 aliphatic carbocycles. The zero-order valence-electron chi connectivity index (χ0n) is 28.8. The Bertz CT molecular complexity index is 1490. The van der Waals surface area contributed by atoms with Crippen LogP contribution in [0.5, 0.6) is 34.5 Å². The Balaban J connectivity index is 1.81. The third kappa shape index (κ3) is 13.3. The Morgan fingerprint density at radius 1 is 0.500 bits per heavy atom. The van der Waals surface area contributed by atoms with E-state index in [9.17, 15) is 0 Å². The van der Waals surface area contributed by atoms with Crippen molar-refractivity contribution in [2.45, 2.75) is 32.2 Å². The molecule has 0 amide bonds. The molecular formula is C39H43NO9Si. The lowest BCUT2D eigenvalue weighted by atomic mass is 10.1. The summed E-state index contributed by atoms with van der Waals surface area (Å²) in [6.45, 7) is 2.10. The van der Waals surface area contributed by atoms with Crippen LogP contribution in [0.3, 0.4) is 0 Å². The molecule has 1 N–H and O–H groups in total. The van der Waals surface area contributed by atoms with Crippen LogP contribution in [0.15, 0.2) is 54.6 Å². The molecule has 0 aromatic heterocycles. The summed E-state index contributed by atoms with van der Waals surface area (Å²) in [4.78, 5) is 0. The molecule has 0 aliphatic heterocycles. The quantitative estimate of drug-likeness (QED) is 0.0805. The number of terminal acetylenes is 4. The highest BCUT2D eigenvalue weighted by molar-refractivity contribution is 6.60. The zero-order valence-corrected chi connectivity index (χ0v) is 29.8. The second-order valence-corrected chi connectivity index (χ2v) is 13.7. The van der Waals surface area contributed by atoms with Crippen molar-refractivity contribution in [2.24, 2.45) is 0 Å². The fourth-order valence-electron chi connectivity index (χ4n) is 4.71. The van der Waals surface area contributed by atoms with Crippen LogP contribution in [0.25, 0.3) is 0 Å². The van der Waals surface area contributed by atoms with Crippen molar-refractivity contribution in [3.63, 3.8) is 0 Å². The molecular weight excluding hydrogens is 655 g/mol. The molecule has 0 saturated heterocycles. The smallest absolute Gasteiger partial charge is 0.489 e. The van der Waals surface area contributed by atoms with Crippen molar-refractivity contribution in [3.05, 3.63) is 71.3 Å². The molecule has 0 unspecified atom stereocenters. The van der Waals surface area contributed by atoms with E-state index in [1.54, 1.807) is 33.5 Å². The maximum absolute atomic E-state index is 6.27. The van der Waals surface area contributed by atoms with Crippen LogP contribution in [0.1, 0.15) is 23.1 Å². The van der Waals surface area contributed by atoms with Crippen molar-refractivity contribution in [1.29, 1.82) is 0 Å². The number of benzene rings is 3. The molecule has 50 heavy (non-hydrogen) atoms. The van der Waals surface area contributed by atoms with Gasteiger partial charge in [-0.15, -0.1) is 25.7 Å². The maximum atomic E-state index is 6.27. The summed E-state index contributed by atoms with van der Waals surface area (Å²) < 4.78 is 51.7. The minimum atomic E-state index is -2.65. The molecule has 0 saturated carbocycles. The van der Waals surface area contributed by atoms with Gasteiger partial charge in [-0.1, -0.05) is 23.7 Å². The molecule has 3 aromatic rings. The van der Waals surface area contributed by atoms with E-state index < -0.39 is 8.80 Å². The molecule has 262 valence electrons. The SMILES string of the molecule is C#CCOc1cc(COc2cc(CNCCC[Si](OC)(OC)OC)cc(OCc3cc(OCC#C)cc(OCC#C)c3)c2)cc(OCC#C)c1. The van der Waals surface area contributed by atoms with Gasteiger partial charge in [-0.3, -0.25) is 0 Å². The van der Waals surface area contributed by atoms with Crippen molar-refractivity contribution in [2.75, 3.05) is 54.3 Å². The molecule has 0 fully saturated rings. The molecule has 0 atom stereocenters. The number of nitrogens with one attached hydrogen (secondary N) is 1. The van der Waals surface area contributed by atoms with E-state index in [0.29, 0.717) is 53.6 Å². The summed E-state index contributed by atoms with van der Waals surface area (Å²) in [5, 5.41) is 3.47. The Morgan fingerprint density at radius 3 is 1.18 bits per heavy atom. The second kappa shape index (κ2) is 21.7. The molecule has 0 aliphatic rings. The van der Waals surface area contributed by atoms with Crippen LogP contribution in [0.2, 0.25) is 6.04 Å². The summed E-state index contributed by atoms with van der Waals surface area (Å²) in [6, 6.07) is 17.2. The lowest BCUT2D eigenvalue weighted by Gasteiger charge is -2.24. The lowest BCUT2D eigenvalue weighted by molar-refractivity contribution is 0.123. The highest BCUT2D eigenvalue weighted by atomic mass is 28.4. The first-order valence-electron chi connectivity index (χ1n) is 15.7. The van der Waals surface area contributed by atoms with Gasteiger partial charge in [0.25, 0.3) is 0 Å². The van der Waals surface area contributed by atoms with E-state index in [0.717, 1.165) is 23.1 Å². The van der Waals surface area contributed by atoms with Gasteiger partial charge in [-0.25, -0.2) is 0 Å². The normalized spacial score (nSPS) is 10.5. The van der Waals surface area contributed by atoms with E-state index in [2.05, 4.69) is 29.0 Å². The number of hydrogen-bond acceptors (Lipinski definition) is 10. The average Bonchev–Trinajstić information content (AvgIpc) is 3.14. The minimum absolute atomic E-state index is 0.108. The van der Waals surface area contributed by atoms with Gasteiger partial charge in [0.2, 0.25) is 0 Å². The summed E-state index contributed by atoms with van der Waals surface area (Å²) in [5.41, 5.74) is 2.53. The van der Waals surface area contributed by atoms with Crippen LogP contribution in [-0.4, -0.2) is 63.1 Å². The molecule has 0 radical (unpaired) electrons. The summed E-state index contributed by atoms with van der Waals surface area (Å²) in [6.07, 6.45) is 22.3. The Labute approximate surface area is 297 Å². The molecule has 3 rings (SSSR count). The maximum Gasteiger partial charge on any atom is 0.500 e. The fourth-order valence-corrected chi connectivity index (χ4v) is 6.44. The largest absolute Gasteiger partial charge is 0.500 e. The van der Waals surface area contributed by atoms with Gasteiger partial charge in [-0.2, -0.15) is 0 Å². The van der Waals surface area contributed by atoms with Gasteiger partial charge in [-0.05, 0) is 66.1 Å². The molecule has 10 nitrogen and oxygen atoms in total. The van der Waals surface area contributed by atoms with Gasteiger partial charge in [0.1, 0.15) is 74.1 Å². The molecule has 0 spiro atoms. The predicted octanol–water partition coefficient (Wildman–Crippen LogP) is 5.25. The van der Waals surface area contributed by atoms with E-state index in [4.69, 9.17) is 67.4 Å². The first-order chi connectivity index (χ1) is 24.4. The van der Waals surface area contributed by atoms with Crippen molar-refractivity contribution in [1.82, 2.24) is 5.32 Å². The van der Waals surface area contributed by atoms with Crippen LogP contribution in [0, 0.1) is 49.4 Å². The van der Waals surface area contributed by atoms with Gasteiger partial charge in [0, 0.05) is 52.1 Å². The first-order valence-corrected chi connectivity index (χ1v) is 17.6. The van der Waals surface area contributed by atoms with Crippen molar-refractivity contribution in [3.8, 4) is 83.9 Å². The lowest BCUT2D eigenvalue weighted by Crippen LogP contribution is -2.43. The summed E-state index contributed by atoms with van der Waals surface area (Å²) in [7, 11) is 2.17. The van der Waals surface area contributed by atoms with E-state index in [-0.39, 0.29) is 39.6 Å². The number of hydrogen-bond donors (Lipinski definition) is 1. The van der Waals surface area contributed by atoms with Gasteiger partial charge < -0.3 is 47.0 Å². The topological polar surface area (TPSA) is 95.1 Å². The molecule has 3 aromatic carbocycles. The van der Waals surface area contributed by atoms with E-state index in [1.165, 1.54) is 0 Å². The second-order valence-electron chi connectivity index (χ2n) is 10.6. The van der Waals surface area contributed by atoms with Gasteiger partial charge in [0.05, 0.1) is 0 Å².